The minimum atomic E-state index is -0.385. The van der Waals surface area contributed by atoms with E-state index in [1.165, 1.54) is 24.3 Å². The highest BCUT2D eigenvalue weighted by atomic mass is 32.2. The Labute approximate surface area is 126 Å². The molecule has 0 unspecified atom stereocenters. The molecule has 0 radical (unpaired) electrons. The van der Waals surface area contributed by atoms with Crippen molar-refractivity contribution in [1.82, 2.24) is 0 Å². The third kappa shape index (κ3) is 4.29. The third-order valence-electron chi connectivity index (χ3n) is 3.08. The van der Waals surface area contributed by atoms with E-state index in [9.17, 15) is 13.6 Å². The first-order chi connectivity index (χ1) is 10.1. The molecule has 2 nitrogen and oxygen atoms in total. The first-order valence-electron chi connectivity index (χ1n) is 6.32. The molecule has 0 saturated heterocycles. The van der Waals surface area contributed by atoms with Gasteiger partial charge >= 0.3 is 5.30 Å². The number of hydrogen-bond acceptors (Lipinski definition) is 3. The van der Waals surface area contributed by atoms with Crippen molar-refractivity contribution in [2.75, 3.05) is 12.9 Å². The molecule has 0 aromatic heterocycles. The van der Waals surface area contributed by atoms with Crippen molar-refractivity contribution in [2.45, 2.75) is 5.92 Å². The van der Waals surface area contributed by atoms with Gasteiger partial charge in [-0.25, -0.2) is 13.6 Å². The fourth-order valence-corrected chi connectivity index (χ4v) is 2.17. The fourth-order valence-electron chi connectivity index (χ4n) is 1.99. The molecule has 2 aromatic carbocycles. The average molecular weight is 308 g/mol. The SMILES string of the molecule is CSC(=O)OCC(c1ccc(F)cc1)c1ccc(F)cc1. The van der Waals surface area contributed by atoms with Gasteiger partial charge in [0.25, 0.3) is 0 Å². The molecule has 21 heavy (non-hydrogen) atoms. The van der Waals surface area contributed by atoms with E-state index in [4.69, 9.17) is 4.74 Å². The number of thioether (sulfide) groups is 1. The summed E-state index contributed by atoms with van der Waals surface area (Å²) >= 11 is 0.981. The molecule has 2 rings (SSSR count). The summed E-state index contributed by atoms with van der Waals surface area (Å²) in [5.74, 6) is -0.933. The summed E-state index contributed by atoms with van der Waals surface area (Å²) in [4.78, 5) is 11.3. The zero-order valence-corrected chi connectivity index (χ0v) is 12.2. The molecule has 5 heteroatoms. The van der Waals surface area contributed by atoms with Crippen LogP contribution in [0.25, 0.3) is 0 Å². The summed E-state index contributed by atoms with van der Waals surface area (Å²) < 4.78 is 31.2. The lowest BCUT2D eigenvalue weighted by atomic mass is 9.92. The number of ether oxygens (including phenoxy) is 1. The van der Waals surface area contributed by atoms with Crippen LogP contribution >= 0.6 is 11.8 Å². The molecule has 0 amide bonds. The van der Waals surface area contributed by atoms with Crippen molar-refractivity contribution in [3.05, 3.63) is 71.3 Å². The minimum Gasteiger partial charge on any atom is -0.457 e. The van der Waals surface area contributed by atoms with Crippen molar-refractivity contribution in [2.24, 2.45) is 0 Å². The Morgan fingerprint density at radius 2 is 1.43 bits per heavy atom. The lowest BCUT2D eigenvalue weighted by molar-refractivity contribution is 0.171. The van der Waals surface area contributed by atoms with Crippen LogP contribution in [0, 0.1) is 11.6 Å². The van der Waals surface area contributed by atoms with Crippen molar-refractivity contribution in [3.8, 4) is 0 Å². The molecule has 0 aliphatic rings. The quantitative estimate of drug-likeness (QED) is 0.772. The lowest BCUT2D eigenvalue weighted by Crippen LogP contribution is -2.11. The second-order valence-corrected chi connectivity index (χ2v) is 5.16. The monoisotopic (exact) mass is 308 g/mol. The normalized spacial score (nSPS) is 10.7. The highest BCUT2D eigenvalue weighted by Crippen LogP contribution is 2.26. The topological polar surface area (TPSA) is 26.3 Å². The highest BCUT2D eigenvalue weighted by Gasteiger charge is 2.17. The molecular weight excluding hydrogens is 294 g/mol. The first kappa shape index (κ1) is 15.5. The molecule has 0 aliphatic heterocycles. The standard InChI is InChI=1S/C16H14F2O2S/c1-21-16(19)20-10-15(11-2-6-13(17)7-3-11)12-4-8-14(18)9-5-12/h2-9,15H,10H2,1H3. The van der Waals surface area contributed by atoms with Gasteiger partial charge in [0.05, 0.1) is 0 Å². The zero-order chi connectivity index (χ0) is 15.2. The van der Waals surface area contributed by atoms with E-state index in [0.29, 0.717) is 0 Å². The summed E-state index contributed by atoms with van der Waals surface area (Å²) in [6, 6.07) is 11.9. The van der Waals surface area contributed by atoms with Crippen LogP contribution < -0.4 is 0 Å². The fraction of sp³-hybridized carbons (Fsp3) is 0.188. The Morgan fingerprint density at radius 3 is 1.81 bits per heavy atom. The molecule has 0 bridgehead atoms. The Hall–Kier alpha value is -1.88. The van der Waals surface area contributed by atoms with Gasteiger partial charge in [-0.1, -0.05) is 24.3 Å². The molecular formula is C16H14F2O2S. The Morgan fingerprint density at radius 1 is 1.00 bits per heavy atom. The minimum absolute atomic E-state index is 0.122. The van der Waals surface area contributed by atoms with Gasteiger partial charge in [0.2, 0.25) is 0 Å². The van der Waals surface area contributed by atoms with E-state index in [0.717, 1.165) is 22.9 Å². The van der Waals surface area contributed by atoms with Crippen molar-refractivity contribution in [1.29, 1.82) is 0 Å². The maximum atomic E-state index is 13.0. The van der Waals surface area contributed by atoms with Crippen molar-refractivity contribution in [3.63, 3.8) is 0 Å². The van der Waals surface area contributed by atoms with Gasteiger partial charge in [-0.2, -0.15) is 0 Å². The van der Waals surface area contributed by atoms with Gasteiger partial charge in [0.1, 0.15) is 18.2 Å². The van der Waals surface area contributed by atoms with Crippen LogP contribution in [0.5, 0.6) is 0 Å². The summed E-state index contributed by atoms with van der Waals surface area (Å²) in [6.07, 6.45) is 1.63. The maximum absolute atomic E-state index is 13.0. The van der Waals surface area contributed by atoms with Gasteiger partial charge in [0, 0.05) is 5.92 Å². The molecule has 2 aromatic rings. The summed E-state index contributed by atoms with van der Waals surface area (Å²) in [7, 11) is 0. The van der Waals surface area contributed by atoms with E-state index in [2.05, 4.69) is 0 Å². The Kier molecular flexibility index (Phi) is 5.33. The number of carbonyl (C=O) groups is 1. The van der Waals surface area contributed by atoms with E-state index in [1.807, 2.05) is 0 Å². The van der Waals surface area contributed by atoms with Crippen molar-refractivity contribution >= 4 is 17.1 Å². The van der Waals surface area contributed by atoms with Gasteiger partial charge in [-0.05, 0) is 53.4 Å². The maximum Gasteiger partial charge on any atom is 0.367 e. The number of halogens is 2. The second-order valence-electron chi connectivity index (χ2n) is 4.42. The van der Waals surface area contributed by atoms with Crippen LogP contribution in [0.2, 0.25) is 0 Å². The van der Waals surface area contributed by atoms with Gasteiger partial charge in [0.15, 0.2) is 0 Å². The number of benzene rings is 2. The van der Waals surface area contributed by atoms with Gasteiger partial charge in [-0.15, -0.1) is 0 Å². The second kappa shape index (κ2) is 7.22. The van der Waals surface area contributed by atoms with Crippen molar-refractivity contribution < 1.29 is 18.3 Å². The van der Waals surface area contributed by atoms with Crippen LogP contribution in [-0.2, 0) is 4.74 Å². The summed E-state index contributed by atoms with van der Waals surface area (Å²) in [6.45, 7) is 0.122. The first-order valence-corrected chi connectivity index (χ1v) is 7.54. The molecule has 0 saturated carbocycles. The third-order valence-corrected chi connectivity index (χ3v) is 3.53. The smallest absolute Gasteiger partial charge is 0.367 e. The van der Waals surface area contributed by atoms with Crippen LogP contribution in [0.15, 0.2) is 48.5 Å². The Bertz CT molecular complexity index is 551. The zero-order valence-electron chi connectivity index (χ0n) is 11.4. The molecule has 0 fully saturated rings. The number of carbonyl (C=O) groups excluding carboxylic acids is 1. The number of hydrogen-bond donors (Lipinski definition) is 0. The van der Waals surface area contributed by atoms with E-state index in [-0.39, 0.29) is 29.5 Å². The molecule has 0 N–H and O–H groups in total. The summed E-state index contributed by atoms with van der Waals surface area (Å²) in [5.41, 5.74) is 1.61. The molecule has 0 heterocycles. The van der Waals surface area contributed by atoms with E-state index >= 15 is 0 Å². The predicted octanol–water partition coefficient (Wildman–Crippen LogP) is 4.60. The number of rotatable bonds is 4. The van der Waals surface area contributed by atoms with Crippen LogP contribution in [0.4, 0.5) is 13.6 Å². The summed E-state index contributed by atoms with van der Waals surface area (Å²) in [5, 5.41) is -0.385. The molecule has 110 valence electrons. The average Bonchev–Trinajstić information content (AvgIpc) is 2.50. The van der Waals surface area contributed by atoms with E-state index in [1.54, 1.807) is 30.5 Å². The van der Waals surface area contributed by atoms with Gasteiger partial charge < -0.3 is 4.74 Å². The largest absolute Gasteiger partial charge is 0.457 e. The lowest BCUT2D eigenvalue weighted by Gasteiger charge is -2.18. The predicted molar refractivity (Wildman–Crippen MR) is 79.5 cm³/mol. The molecule has 0 spiro atoms. The molecule has 0 atom stereocenters. The van der Waals surface area contributed by atoms with Crippen LogP contribution in [0.3, 0.4) is 0 Å². The van der Waals surface area contributed by atoms with Gasteiger partial charge in [-0.3, -0.25) is 0 Å². The van der Waals surface area contributed by atoms with Crippen LogP contribution in [0.1, 0.15) is 17.0 Å². The highest BCUT2D eigenvalue weighted by molar-refractivity contribution is 8.12. The Balaban J connectivity index is 2.27. The molecule has 0 aliphatic carbocycles. The van der Waals surface area contributed by atoms with Crippen LogP contribution in [-0.4, -0.2) is 18.2 Å². The van der Waals surface area contributed by atoms with E-state index < -0.39 is 0 Å².